The molecule has 30 heavy (non-hydrogen) atoms. The normalized spacial score (nSPS) is 17.3. The fourth-order valence-corrected chi connectivity index (χ4v) is 4.12. The van der Waals surface area contributed by atoms with E-state index < -0.39 is 18.1 Å². The van der Waals surface area contributed by atoms with Gasteiger partial charge in [0, 0.05) is 11.5 Å². The highest BCUT2D eigenvalue weighted by Gasteiger charge is 2.45. The van der Waals surface area contributed by atoms with Gasteiger partial charge in [-0.2, -0.15) is 13.2 Å². The fourth-order valence-electron chi connectivity index (χ4n) is 4.12. The van der Waals surface area contributed by atoms with Crippen LogP contribution in [0, 0.1) is 5.92 Å². The summed E-state index contributed by atoms with van der Waals surface area (Å²) in [6, 6.07) is 9.19. The number of halogens is 3. The van der Waals surface area contributed by atoms with Crippen molar-refractivity contribution < 1.29 is 22.6 Å². The number of aryl methyl sites for hydroxylation is 1. The number of rotatable bonds is 5. The molecule has 0 fully saturated rings. The number of alkyl halides is 3. The van der Waals surface area contributed by atoms with Crippen LogP contribution < -0.4 is 14.8 Å². The van der Waals surface area contributed by atoms with Crippen molar-refractivity contribution in [3.05, 3.63) is 53.9 Å². The van der Waals surface area contributed by atoms with E-state index in [0.717, 1.165) is 11.1 Å². The number of methoxy groups -OCH3 is 2. The van der Waals surface area contributed by atoms with Gasteiger partial charge in [0.2, 0.25) is 0 Å². The highest BCUT2D eigenvalue weighted by Crippen LogP contribution is 2.38. The average molecular weight is 417 g/mol. The van der Waals surface area contributed by atoms with Crippen molar-refractivity contribution in [3.8, 4) is 11.5 Å². The van der Waals surface area contributed by atoms with E-state index in [2.05, 4.69) is 15.3 Å². The molecule has 0 aliphatic heterocycles. The number of nitrogens with one attached hydrogen (secondary N) is 1. The molecule has 8 heteroatoms. The molecule has 2 unspecified atom stereocenters. The maximum Gasteiger partial charge on any atom is 0.408 e. The third kappa shape index (κ3) is 3.86. The Kier molecular flexibility index (Phi) is 5.40. The Labute approximate surface area is 172 Å². The molecule has 1 aromatic heterocycles. The lowest BCUT2D eigenvalue weighted by atomic mass is 9.79. The van der Waals surface area contributed by atoms with Gasteiger partial charge in [-0.05, 0) is 42.4 Å². The molecule has 0 saturated carbocycles. The highest BCUT2D eigenvalue weighted by atomic mass is 19.4. The summed E-state index contributed by atoms with van der Waals surface area (Å²) in [4.78, 5) is 8.28. The first-order valence-corrected chi connectivity index (χ1v) is 9.67. The van der Waals surface area contributed by atoms with Gasteiger partial charge in [0.05, 0.1) is 19.7 Å². The topological polar surface area (TPSA) is 56.3 Å². The number of aromatic nitrogens is 2. The molecule has 0 spiro atoms. The third-order valence-corrected chi connectivity index (χ3v) is 5.64. The van der Waals surface area contributed by atoms with Crippen molar-refractivity contribution in [1.82, 2.24) is 9.97 Å². The summed E-state index contributed by atoms with van der Waals surface area (Å²) in [5.41, 5.74) is 2.57. The molecule has 158 valence electrons. The second kappa shape index (κ2) is 8.01. The van der Waals surface area contributed by atoms with E-state index in [1.807, 2.05) is 24.3 Å². The lowest BCUT2D eigenvalue weighted by molar-refractivity contribution is -0.154. The Balaban J connectivity index is 1.70. The van der Waals surface area contributed by atoms with E-state index >= 15 is 0 Å². The number of nitrogens with zero attached hydrogens (tertiary/aromatic N) is 2. The first-order valence-electron chi connectivity index (χ1n) is 9.67. The maximum absolute atomic E-state index is 14.1. The van der Waals surface area contributed by atoms with Crippen molar-refractivity contribution in [1.29, 1.82) is 0 Å². The van der Waals surface area contributed by atoms with Crippen LogP contribution >= 0.6 is 0 Å². The summed E-state index contributed by atoms with van der Waals surface area (Å²) in [6.45, 7) is 0. The predicted molar refractivity (Wildman–Crippen MR) is 108 cm³/mol. The molecule has 2 aromatic carbocycles. The minimum absolute atomic E-state index is 0.127. The van der Waals surface area contributed by atoms with E-state index in [1.54, 1.807) is 12.1 Å². The van der Waals surface area contributed by atoms with Crippen molar-refractivity contribution in [2.45, 2.75) is 31.5 Å². The van der Waals surface area contributed by atoms with Crippen LogP contribution in [-0.2, 0) is 12.8 Å². The number of fused-ring (bicyclic) bond motifs is 2. The van der Waals surface area contributed by atoms with Gasteiger partial charge in [0.25, 0.3) is 0 Å². The monoisotopic (exact) mass is 417 g/mol. The minimum atomic E-state index is -4.43. The first-order chi connectivity index (χ1) is 14.4. The van der Waals surface area contributed by atoms with Crippen LogP contribution in [0.3, 0.4) is 0 Å². The molecule has 0 bridgehead atoms. The van der Waals surface area contributed by atoms with Crippen LogP contribution in [0.1, 0.15) is 17.5 Å². The Hall–Kier alpha value is -3.03. The Bertz CT molecular complexity index is 1060. The molecule has 0 amide bonds. The van der Waals surface area contributed by atoms with E-state index in [0.29, 0.717) is 41.7 Å². The highest BCUT2D eigenvalue weighted by molar-refractivity contribution is 5.91. The molecule has 2 atom stereocenters. The zero-order valence-corrected chi connectivity index (χ0v) is 16.7. The number of hydrogen-bond acceptors (Lipinski definition) is 5. The van der Waals surface area contributed by atoms with Crippen LogP contribution in [0.2, 0.25) is 0 Å². The molecule has 0 radical (unpaired) electrons. The SMILES string of the molecule is COc1cc2ncnc(NC(C3CCc4ccccc4C3)C(F)(F)F)c2cc1OC. The Morgan fingerprint density at radius 2 is 1.73 bits per heavy atom. The van der Waals surface area contributed by atoms with Crippen LogP contribution in [-0.4, -0.2) is 36.4 Å². The fraction of sp³-hybridized carbons (Fsp3) is 0.364. The smallest absolute Gasteiger partial charge is 0.408 e. The largest absolute Gasteiger partial charge is 0.493 e. The molecule has 4 rings (SSSR count). The number of anilines is 1. The maximum atomic E-state index is 14.1. The summed E-state index contributed by atoms with van der Waals surface area (Å²) < 4.78 is 52.8. The predicted octanol–water partition coefficient (Wildman–Crippen LogP) is 4.79. The third-order valence-electron chi connectivity index (χ3n) is 5.64. The van der Waals surface area contributed by atoms with Crippen LogP contribution in [0.25, 0.3) is 10.9 Å². The Morgan fingerprint density at radius 3 is 2.43 bits per heavy atom. The van der Waals surface area contributed by atoms with Gasteiger partial charge in [0.15, 0.2) is 11.5 Å². The van der Waals surface area contributed by atoms with Gasteiger partial charge in [-0.15, -0.1) is 0 Å². The quantitative estimate of drug-likeness (QED) is 0.647. The van der Waals surface area contributed by atoms with E-state index in [4.69, 9.17) is 9.47 Å². The summed E-state index contributed by atoms with van der Waals surface area (Å²) in [5, 5.41) is 3.12. The lowest BCUT2D eigenvalue weighted by Gasteiger charge is -2.33. The van der Waals surface area contributed by atoms with E-state index in [9.17, 15) is 13.2 Å². The molecular formula is C22H22F3N3O2. The zero-order chi connectivity index (χ0) is 21.3. The van der Waals surface area contributed by atoms with Gasteiger partial charge in [0.1, 0.15) is 18.2 Å². The van der Waals surface area contributed by atoms with Gasteiger partial charge >= 0.3 is 6.18 Å². The van der Waals surface area contributed by atoms with Crippen LogP contribution in [0.15, 0.2) is 42.7 Å². The van der Waals surface area contributed by atoms with Crippen molar-refractivity contribution in [2.24, 2.45) is 5.92 Å². The van der Waals surface area contributed by atoms with Crippen molar-refractivity contribution in [3.63, 3.8) is 0 Å². The Morgan fingerprint density at radius 1 is 1.03 bits per heavy atom. The van der Waals surface area contributed by atoms with Crippen molar-refractivity contribution >= 4 is 16.7 Å². The molecule has 5 nitrogen and oxygen atoms in total. The lowest BCUT2D eigenvalue weighted by Crippen LogP contribution is -2.44. The summed E-state index contributed by atoms with van der Waals surface area (Å²) in [6.07, 6.45) is -1.72. The number of benzene rings is 2. The second-order valence-electron chi connectivity index (χ2n) is 7.38. The molecule has 1 heterocycles. The minimum Gasteiger partial charge on any atom is -0.493 e. The molecule has 1 N–H and O–H groups in total. The second-order valence-corrected chi connectivity index (χ2v) is 7.38. The van der Waals surface area contributed by atoms with Crippen LogP contribution in [0.5, 0.6) is 11.5 Å². The van der Waals surface area contributed by atoms with Gasteiger partial charge < -0.3 is 14.8 Å². The number of hydrogen-bond donors (Lipinski definition) is 1. The molecule has 1 aliphatic rings. The van der Waals surface area contributed by atoms with Gasteiger partial charge in [-0.3, -0.25) is 0 Å². The molecule has 1 aliphatic carbocycles. The first kappa shape index (κ1) is 20.3. The zero-order valence-electron chi connectivity index (χ0n) is 16.7. The summed E-state index contributed by atoms with van der Waals surface area (Å²) >= 11 is 0. The van der Waals surface area contributed by atoms with E-state index in [1.165, 1.54) is 20.5 Å². The summed E-state index contributed by atoms with van der Waals surface area (Å²) in [5.74, 6) is 0.385. The van der Waals surface area contributed by atoms with E-state index in [-0.39, 0.29) is 5.82 Å². The molecule has 0 saturated heterocycles. The number of ether oxygens (including phenoxy) is 2. The van der Waals surface area contributed by atoms with Gasteiger partial charge in [-0.1, -0.05) is 24.3 Å². The standard InChI is InChI=1S/C22H22F3N3O2/c1-29-18-10-16-17(11-19(18)30-2)26-12-27-21(16)28-20(22(23,24)25)15-8-7-13-5-3-4-6-14(13)9-15/h3-6,10-12,15,20H,7-9H2,1-2H3,(H,26,27,28). The molecular weight excluding hydrogens is 395 g/mol. The molecule has 3 aromatic rings. The average Bonchev–Trinajstić information content (AvgIpc) is 2.75. The van der Waals surface area contributed by atoms with Crippen molar-refractivity contribution in [2.75, 3.05) is 19.5 Å². The van der Waals surface area contributed by atoms with Gasteiger partial charge in [-0.25, -0.2) is 9.97 Å². The van der Waals surface area contributed by atoms with Crippen LogP contribution in [0.4, 0.5) is 19.0 Å². The summed E-state index contributed by atoms with van der Waals surface area (Å²) in [7, 11) is 2.96.